The molecule has 0 spiro atoms. The lowest BCUT2D eigenvalue weighted by Gasteiger charge is -2.14. The van der Waals surface area contributed by atoms with Crippen LogP contribution in [0.3, 0.4) is 0 Å². The molecule has 1 atom stereocenters. The first kappa shape index (κ1) is 15.7. The number of carbonyl (C=O) groups is 1. The molecule has 3 rings (SSSR count). The Morgan fingerprint density at radius 2 is 2.09 bits per heavy atom. The van der Waals surface area contributed by atoms with E-state index in [9.17, 15) is 9.59 Å². The summed E-state index contributed by atoms with van der Waals surface area (Å²) in [5.41, 5.74) is 0.975. The van der Waals surface area contributed by atoms with Crippen LogP contribution < -0.4 is 11.0 Å². The minimum Gasteiger partial charge on any atom is -0.356 e. The smallest absolute Gasteiger partial charge is 0.351 e. The van der Waals surface area contributed by atoms with Crippen LogP contribution in [0.1, 0.15) is 45.7 Å². The van der Waals surface area contributed by atoms with E-state index < -0.39 is 0 Å². The summed E-state index contributed by atoms with van der Waals surface area (Å²) in [5, 5.41) is 7.29. The van der Waals surface area contributed by atoms with Crippen LogP contribution in [0.25, 0.3) is 5.65 Å². The molecule has 2 aromatic heterocycles. The van der Waals surface area contributed by atoms with Crippen LogP contribution in [0.15, 0.2) is 17.2 Å². The maximum atomic E-state index is 12.6. The SMILES string of the molecule is CC(C)(C)c1cc2ncn(CC3CCCCNC3=O)c(=O)n2n1. The number of fused-ring (bicyclic) bond motifs is 1. The van der Waals surface area contributed by atoms with Gasteiger partial charge in [0.05, 0.1) is 11.6 Å². The van der Waals surface area contributed by atoms with Crippen LogP contribution in [0, 0.1) is 5.92 Å². The third-order valence-electron chi connectivity index (χ3n) is 4.28. The van der Waals surface area contributed by atoms with E-state index in [-0.39, 0.29) is 22.9 Å². The van der Waals surface area contributed by atoms with Crippen molar-refractivity contribution in [3.05, 3.63) is 28.6 Å². The highest BCUT2D eigenvalue weighted by atomic mass is 16.2. The quantitative estimate of drug-likeness (QED) is 0.899. The summed E-state index contributed by atoms with van der Waals surface area (Å²) in [6.45, 7) is 7.20. The van der Waals surface area contributed by atoms with Gasteiger partial charge in [-0.15, -0.1) is 0 Å². The molecule has 1 amide bonds. The first-order chi connectivity index (χ1) is 10.9. The Hall–Kier alpha value is -2.18. The summed E-state index contributed by atoms with van der Waals surface area (Å²) >= 11 is 0. The average Bonchev–Trinajstić information content (AvgIpc) is 2.83. The highest BCUT2D eigenvalue weighted by molar-refractivity contribution is 5.78. The molecule has 0 bridgehead atoms. The van der Waals surface area contributed by atoms with Crippen molar-refractivity contribution in [1.82, 2.24) is 24.5 Å². The molecular weight excluding hydrogens is 294 g/mol. The summed E-state index contributed by atoms with van der Waals surface area (Å²) in [7, 11) is 0. The zero-order chi connectivity index (χ0) is 16.6. The predicted molar refractivity (Wildman–Crippen MR) is 86.3 cm³/mol. The minimum atomic E-state index is -0.248. The van der Waals surface area contributed by atoms with Gasteiger partial charge in [-0.3, -0.25) is 9.36 Å². The lowest BCUT2D eigenvalue weighted by molar-refractivity contribution is -0.125. The maximum absolute atomic E-state index is 12.6. The molecule has 0 radical (unpaired) electrons. The Morgan fingerprint density at radius 3 is 2.83 bits per heavy atom. The Kier molecular flexibility index (Phi) is 3.95. The third kappa shape index (κ3) is 3.13. The van der Waals surface area contributed by atoms with Gasteiger partial charge in [-0.1, -0.05) is 27.2 Å². The fourth-order valence-electron chi connectivity index (χ4n) is 2.81. The summed E-state index contributed by atoms with van der Waals surface area (Å²) in [5.74, 6) is -0.169. The molecule has 124 valence electrons. The number of carbonyl (C=O) groups excluding carboxylic acids is 1. The standard InChI is InChI=1S/C16H23N5O2/c1-16(2,3)12-8-13-18-10-20(15(23)21(13)19-12)9-11-6-4-5-7-17-14(11)22/h8,10-11H,4-7,9H2,1-3H3,(H,17,22). The van der Waals surface area contributed by atoms with Crippen molar-refractivity contribution in [2.24, 2.45) is 5.92 Å². The van der Waals surface area contributed by atoms with Gasteiger partial charge in [-0.25, -0.2) is 9.78 Å². The third-order valence-corrected chi connectivity index (χ3v) is 4.28. The lowest BCUT2D eigenvalue weighted by Crippen LogP contribution is -2.36. The predicted octanol–water partition coefficient (Wildman–Crippen LogP) is 1.10. The number of aromatic nitrogens is 4. The van der Waals surface area contributed by atoms with Gasteiger partial charge < -0.3 is 5.32 Å². The number of nitrogens with zero attached hydrogens (tertiary/aromatic N) is 4. The molecule has 3 heterocycles. The van der Waals surface area contributed by atoms with Crippen LogP contribution in [-0.4, -0.2) is 31.6 Å². The molecule has 1 unspecified atom stereocenters. The number of amides is 1. The maximum Gasteiger partial charge on any atom is 0.351 e. The molecule has 0 aromatic carbocycles. The second-order valence-electron chi connectivity index (χ2n) is 7.21. The van der Waals surface area contributed by atoms with Gasteiger partial charge in [0.1, 0.15) is 6.33 Å². The van der Waals surface area contributed by atoms with Gasteiger partial charge in [0.2, 0.25) is 5.91 Å². The molecule has 2 aromatic rings. The molecule has 23 heavy (non-hydrogen) atoms. The monoisotopic (exact) mass is 317 g/mol. The molecular formula is C16H23N5O2. The first-order valence-corrected chi connectivity index (χ1v) is 8.09. The molecule has 0 saturated carbocycles. The van der Waals surface area contributed by atoms with Crippen molar-refractivity contribution in [3.8, 4) is 0 Å². The summed E-state index contributed by atoms with van der Waals surface area (Å²) in [4.78, 5) is 29.0. The van der Waals surface area contributed by atoms with Crippen molar-refractivity contribution in [1.29, 1.82) is 0 Å². The lowest BCUT2D eigenvalue weighted by atomic mass is 9.93. The van der Waals surface area contributed by atoms with Crippen molar-refractivity contribution < 1.29 is 4.79 Å². The second kappa shape index (κ2) is 5.79. The molecule has 7 nitrogen and oxygen atoms in total. The van der Waals surface area contributed by atoms with Gasteiger partial charge in [0.15, 0.2) is 5.65 Å². The second-order valence-corrected chi connectivity index (χ2v) is 7.21. The van der Waals surface area contributed by atoms with Gasteiger partial charge in [0.25, 0.3) is 0 Å². The van der Waals surface area contributed by atoms with Crippen LogP contribution in [0.2, 0.25) is 0 Å². The van der Waals surface area contributed by atoms with Gasteiger partial charge in [0, 0.05) is 24.6 Å². The van der Waals surface area contributed by atoms with E-state index in [2.05, 4.69) is 15.4 Å². The molecule has 1 aliphatic heterocycles. The molecule has 0 aliphatic carbocycles. The normalized spacial score (nSPS) is 19.6. The van der Waals surface area contributed by atoms with E-state index in [0.717, 1.165) is 31.5 Å². The van der Waals surface area contributed by atoms with Crippen molar-refractivity contribution in [3.63, 3.8) is 0 Å². The average molecular weight is 317 g/mol. The zero-order valence-electron chi connectivity index (χ0n) is 13.9. The van der Waals surface area contributed by atoms with Crippen LogP contribution in [0.4, 0.5) is 0 Å². The van der Waals surface area contributed by atoms with Crippen LogP contribution in [-0.2, 0) is 16.8 Å². The highest BCUT2D eigenvalue weighted by Crippen LogP contribution is 2.20. The topological polar surface area (TPSA) is 81.3 Å². The van der Waals surface area contributed by atoms with E-state index in [0.29, 0.717) is 12.2 Å². The number of hydrogen-bond acceptors (Lipinski definition) is 4. The van der Waals surface area contributed by atoms with Crippen molar-refractivity contribution >= 4 is 11.6 Å². The van der Waals surface area contributed by atoms with Crippen molar-refractivity contribution in [2.75, 3.05) is 6.54 Å². The Labute approximate surface area is 134 Å². The Balaban J connectivity index is 1.94. The van der Waals surface area contributed by atoms with Crippen molar-refractivity contribution in [2.45, 2.75) is 52.0 Å². The fraction of sp³-hybridized carbons (Fsp3) is 0.625. The van der Waals surface area contributed by atoms with Crippen LogP contribution in [0.5, 0.6) is 0 Å². The number of nitrogens with one attached hydrogen (secondary N) is 1. The van der Waals surface area contributed by atoms with E-state index in [1.165, 1.54) is 15.4 Å². The van der Waals surface area contributed by atoms with E-state index >= 15 is 0 Å². The van der Waals surface area contributed by atoms with E-state index in [4.69, 9.17) is 0 Å². The van der Waals surface area contributed by atoms with Gasteiger partial charge >= 0.3 is 5.69 Å². The van der Waals surface area contributed by atoms with Gasteiger partial charge in [-0.05, 0) is 12.8 Å². The largest absolute Gasteiger partial charge is 0.356 e. The fourth-order valence-corrected chi connectivity index (χ4v) is 2.81. The zero-order valence-corrected chi connectivity index (χ0v) is 13.9. The molecule has 1 saturated heterocycles. The molecule has 1 N–H and O–H groups in total. The number of hydrogen-bond donors (Lipinski definition) is 1. The van der Waals surface area contributed by atoms with Crippen LogP contribution >= 0.6 is 0 Å². The summed E-state index contributed by atoms with van der Waals surface area (Å²) in [6, 6.07) is 1.84. The molecule has 1 fully saturated rings. The summed E-state index contributed by atoms with van der Waals surface area (Å²) in [6.07, 6.45) is 4.29. The van der Waals surface area contributed by atoms with Gasteiger partial charge in [-0.2, -0.15) is 9.61 Å². The summed E-state index contributed by atoms with van der Waals surface area (Å²) < 4.78 is 2.82. The minimum absolute atomic E-state index is 0.0188. The van der Waals surface area contributed by atoms with E-state index in [1.807, 2.05) is 26.8 Å². The highest BCUT2D eigenvalue weighted by Gasteiger charge is 2.23. The molecule has 1 aliphatic rings. The Morgan fingerprint density at radius 1 is 1.30 bits per heavy atom. The number of rotatable bonds is 2. The Bertz CT molecular complexity index is 784. The first-order valence-electron chi connectivity index (χ1n) is 8.09. The molecule has 7 heteroatoms. The van der Waals surface area contributed by atoms with E-state index in [1.54, 1.807) is 0 Å².